The molecule has 2 aliphatic rings. The van der Waals surface area contributed by atoms with Gasteiger partial charge in [0.25, 0.3) is 0 Å². The molecule has 0 aromatic carbocycles. The van der Waals surface area contributed by atoms with E-state index < -0.39 is 0 Å². The molecule has 4 nitrogen and oxygen atoms in total. The van der Waals surface area contributed by atoms with Crippen molar-refractivity contribution in [2.24, 2.45) is 16.7 Å². The maximum Gasteiger partial charge on any atom is 0.140 e. The number of aromatic nitrogens is 3. The zero-order chi connectivity index (χ0) is 14.4. The van der Waals surface area contributed by atoms with Crippen LogP contribution in [0.15, 0.2) is 6.33 Å². The zero-order valence-electron chi connectivity index (χ0n) is 13.3. The fourth-order valence-corrected chi connectivity index (χ4v) is 4.83. The summed E-state index contributed by atoms with van der Waals surface area (Å²) in [4.78, 5) is 4.42. The molecule has 0 saturated heterocycles. The van der Waals surface area contributed by atoms with Gasteiger partial charge < -0.3 is 5.32 Å². The molecule has 1 aromatic heterocycles. The molecule has 1 N–H and O–H groups in total. The molecule has 3 unspecified atom stereocenters. The van der Waals surface area contributed by atoms with Crippen molar-refractivity contribution in [2.45, 2.75) is 72.5 Å². The van der Waals surface area contributed by atoms with Crippen LogP contribution < -0.4 is 5.32 Å². The lowest BCUT2D eigenvalue weighted by atomic mass is 9.68. The molecule has 20 heavy (non-hydrogen) atoms. The van der Waals surface area contributed by atoms with Crippen LogP contribution in [0.1, 0.15) is 59.2 Å². The van der Waals surface area contributed by atoms with Crippen LogP contribution in [0.4, 0.5) is 0 Å². The Kier molecular flexibility index (Phi) is 3.39. The third-order valence-electron chi connectivity index (χ3n) is 5.87. The molecular formula is C16H28N4. The summed E-state index contributed by atoms with van der Waals surface area (Å²) in [5.41, 5.74) is 0.881. The topological polar surface area (TPSA) is 42.7 Å². The number of hydrogen-bond donors (Lipinski definition) is 1. The Morgan fingerprint density at radius 2 is 2.20 bits per heavy atom. The van der Waals surface area contributed by atoms with Gasteiger partial charge in [-0.1, -0.05) is 27.7 Å². The van der Waals surface area contributed by atoms with Crippen LogP contribution in [0, 0.1) is 16.7 Å². The Balaban J connectivity index is 1.70. The predicted molar refractivity (Wildman–Crippen MR) is 80.2 cm³/mol. The molecule has 2 bridgehead atoms. The quantitative estimate of drug-likeness (QED) is 0.899. The van der Waals surface area contributed by atoms with Crippen molar-refractivity contribution in [3.05, 3.63) is 12.2 Å². The van der Waals surface area contributed by atoms with Gasteiger partial charge in [0.05, 0.1) is 6.54 Å². The first-order valence-electron chi connectivity index (χ1n) is 8.07. The van der Waals surface area contributed by atoms with Crippen molar-refractivity contribution in [1.82, 2.24) is 20.1 Å². The Morgan fingerprint density at radius 3 is 2.85 bits per heavy atom. The van der Waals surface area contributed by atoms with Gasteiger partial charge in [0.2, 0.25) is 0 Å². The van der Waals surface area contributed by atoms with Crippen molar-refractivity contribution in [2.75, 3.05) is 0 Å². The molecule has 2 aliphatic carbocycles. The van der Waals surface area contributed by atoms with Gasteiger partial charge in [-0.3, -0.25) is 0 Å². The number of rotatable bonds is 5. The number of aryl methyl sites for hydroxylation is 1. The fraction of sp³-hybridized carbons (Fsp3) is 0.875. The number of nitrogens with zero attached hydrogens (tertiary/aromatic N) is 3. The number of hydrogen-bond acceptors (Lipinski definition) is 3. The molecule has 0 spiro atoms. The second-order valence-electron chi connectivity index (χ2n) is 7.63. The van der Waals surface area contributed by atoms with Crippen LogP contribution in [0.5, 0.6) is 0 Å². The molecule has 4 heteroatoms. The van der Waals surface area contributed by atoms with Crippen LogP contribution in [0.2, 0.25) is 0 Å². The average molecular weight is 276 g/mol. The molecule has 3 rings (SSSR count). The van der Waals surface area contributed by atoms with Gasteiger partial charge in [-0.05, 0) is 42.4 Å². The average Bonchev–Trinajstić information content (AvgIpc) is 3.01. The van der Waals surface area contributed by atoms with E-state index >= 15 is 0 Å². The molecule has 0 amide bonds. The van der Waals surface area contributed by atoms with Crippen LogP contribution >= 0.6 is 0 Å². The van der Waals surface area contributed by atoms with Crippen molar-refractivity contribution >= 4 is 0 Å². The predicted octanol–water partition coefficient (Wildman–Crippen LogP) is 2.99. The molecular weight excluding hydrogens is 248 g/mol. The van der Waals surface area contributed by atoms with Crippen molar-refractivity contribution < 1.29 is 0 Å². The molecule has 0 aliphatic heterocycles. The van der Waals surface area contributed by atoms with Gasteiger partial charge in [0.15, 0.2) is 0 Å². The largest absolute Gasteiger partial charge is 0.306 e. The lowest BCUT2D eigenvalue weighted by molar-refractivity contribution is 0.107. The number of nitrogens with one attached hydrogen (secondary N) is 1. The minimum Gasteiger partial charge on any atom is -0.306 e. The lowest BCUT2D eigenvalue weighted by Gasteiger charge is -2.43. The Hall–Kier alpha value is -0.900. The van der Waals surface area contributed by atoms with Gasteiger partial charge in [0, 0.05) is 12.6 Å². The highest BCUT2D eigenvalue weighted by Crippen LogP contribution is 2.62. The van der Waals surface area contributed by atoms with E-state index in [0.717, 1.165) is 31.3 Å². The molecule has 1 heterocycles. The maximum atomic E-state index is 4.42. The van der Waals surface area contributed by atoms with Gasteiger partial charge in [-0.2, -0.15) is 5.10 Å². The molecule has 112 valence electrons. The summed E-state index contributed by atoms with van der Waals surface area (Å²) in [5, 5.41) is 8.14. The van der Waals surface area contributed by atoms with Gasteiger partial charge in [-0.25, -0.2) is 9.67 Å². The first-order chi connectivity index (χ1) is 9.47. The molecule has 3 atom stereocenters. The molecule has 2 fully saturated rings. The summed E-state index contributed by atoms with van der Waals surface area (Å²) in [5.74, 6) is 1.97. The Morgan fingerprint density at radius 1 is 1.40 bits per heavy atom. The summed E-state index contributed by atoms with van der Waals surface area (Å²) >= 11 is 0. The van der Waals surface area contributed by atoms with Gasteiger partial charge in [-0.15, -0.1) is 0 Å². The minimum atomic E-state index is 0.405. The summed E-state index contributed by atoms with van der Waals surface area (Å²) in [6, 6.07) is 0.598. The van der Waals surface area contributed by atoms with Gasteiger partial charge in [0.1, 0.15) is 12.2 Å². The normalized spacial score (nSPS) is 34.8. The molecule has 2 saturated carbocycles. The highest BCUT2D eigenvalue weighted by Gasteiger charge is 2.58. The highest BCUT2D eigenvalue weighted by molar-refractivity contribution is 5.12. The van der Waals surface area contributed by atoms with Gasteiger partial charge >= 0.3 is 0 Å². The van der Waals surface area contributed by atoms with Crippen LogP contribution in [-0.2, 0) is 13.1 Å². The van der Waals surface area contributed by atoms with E-state index in [1.807, 2.05) is 4.68 Å². The van der Waals surface area contributed by atoms with E-state index in [-0.39, 0.29) is 0 Å². The minimum absolute atomic E-state index is 0.405. The maximum absolute atomic E-state index is 4.42. The summed E-state index contributed by atoms with van der Waals surface area (Å²) in [6.45, 7) is 11.3. The first kappa shape index (κ1) is 14.1. The van der Waals surface area contributed by atoms with E-state index in [4.69, 9.17) is 0 Å². The Bertz CT molecular complexity index is 474. The molecule has 0 radical (unpaired) electrons. The van der Waals surface area contributed by atoms with Crippen LogP contribution in [0.25, 0.3) is 0 Å². The van der Waals surface area contributed by atoms with Crippen LogP contribution in [-0.4, -0.2) is 20.8 Å². The van der Waals surface area contributed by atoms with E-state index in [2.05, 4.69) is 43.1 Å². The summed E-state index contributed by atoms with van der Waals surface area (Å²) in [7, 11) is 0. The molecule has 1 aromatic rings. The van der Waals surface area contributed by atoms with Crippen molar-refractivity contribution in [3.8, 4) is 0 Å². The lowest BCUT2D eigenvalue weighted by Crippen LogP contribution is -2.50. The van der Waals surface area contributed by atoms with E-state index in [9.17, 15) is 0 Å². The second-order valence-corrected chi connectivity index (χ2v) is 7.63. The Labute approximate surface area is 122 Å². The monoisotopic (exact) mass is 276 g/mol. The SMILES string of the molecule is CCCn1ncnc1CNC1C2(C)CCC(C2)C1(C)C. The van der Waals surface area contributed by atoms with Crippen LogP contribution in [0.3, 0.4) is 0 Å². The summed E-state index contributed by atoms with van der Waals surface area (Å²) in [6.07, 6.45) is 6.96. The highest BCUT2D eigenvalue weighted by atomic mass is 15.3. The smallest absolute Gasteiger partial charge is 0.140 e. The number of fused-ring (bicyclic) bond motifs is 2. The van der Waals surface area contributed by atoms with Crippen molar-refractivity contribution in [3.63, 3.8) is 0 Å². The van der Waals surface area contributed by atoms with E-state index in [1.54, 1.807) is 6.33 Å². The third-order valence-corrected chi connectivity index (χ3v) is 5.87. The first-order valence-corrected chi connectivity index (χ1v) is 8.07. The summed E-state index contributed by atoms with van der Waals surface area (Å²) < 4.78 is 2.04. The fourth-order valence-electron chi connectivity index (χ4n) is 4.83. The zero-order valence-corrected chi connectivity index (χ0v) is 13.3. The third kappa shape index (κ3) is 2.09. The van der Waals surface area contributed by atoms with E-state index in [1.165, 1.54) is 19.3 Å². The standard InChI is InChI=1S/C16H28N4/c1-5-8-20-13(18-11-19-20)10-17-14-15(2,3)12-6-7-16(14,4)9-12/h11-12,14,17H,5-10H2,1-4H3. The second kappa shape index (κ2) is 4.83. The van der Waals surface area contributed by atoms with Crippen molar-refractivity contribution in [1.29, 1.82) is 0 Å². The van der Waals surface area contributed by atoms with E-state index in [0.29, 0.717) is 16.9 Å².